The molecule has 0 radical (unpaired) electrons. The van der Waals surface area contributed by atoms with E-state index in [-0.39, 0.29) is 11.8 Å². The van der Waals surface area contributed by atoms with Gasteiger partial charge in [-0.05, 0) is 6.42 Å². The number of carbonyl (C=O) groups excluding carboxylic acids is 1. The van der Waals surface area contributed by atoms with E-state index in [1.165, 1.54) is 0 Å². The summed E-state index contributed by atoms with van der Waals surface area (Å²) in [5.41, 5.74) is 0. The van der Waals surface area contributed by atoms with Gasteiger partial charge in [0, 0.05) is 32.1 Å². The molecule has 1 atom stereocenters. The van der Waals surface area contributed by atoms with Crippen molar-refractivity contribution in [3.05, 3.63) is 12.2 Å². The van der Waals surface area contributed by atoms with E-state index in [1.54, 1.807) is 4.90 Å². The fourth-order valence-electron chi connectivity index (χ4n) is 1.74. The van der Waals surface area contributed by atoms with Gasteiger partial charge in [0.25, 0.3) is 5.91 Å². The first-order valence-corrected chi connectivity index (χ1v) is 5.07. The van der Waals surface area contributed by atoms with Crippen LogP contribution in [0.5, 0.6) is 0 Å². The molecule has 1 fully saturated rings. The van der Waals surface area contributed by atoms with Gasteiger partial charge in [0.2, 0.25) is 0 Å². The summed E-state index contributed by atoms with van der Waals surface area (Å²) in [4.78, 5) is 13.2. The van der Waals surface area contributed by atoms with Gasteiger partial charge in [0.1, 0.15) is 0 Å². The largest absolute Gasteiger partial charge is 0.336 e. The molecule has 0 spiro atoms. The maximum absolute atomic E-state index is 13.6. The highest BCUT2D eigenvalue weighted by Crippen LogP contribution is 2.16. The number of alkyl halides is 1. The first-order chi connectivity index (χ1) is 6.79. The summed E-state index contributed by atoms with van der Waals surface area (Å²) in [5.74, 6) is -0.436. The number of carbonyl (C=O) groups is 1. The van der Waals surface area contributed by atoms with Gasteiger partial charge < -0.3 is 10.2 Å². The molecule has 0 aliphatic carbocycles. The van der Waals surface area contributed by atoms with Crippen LogP contribution in [0.25, 0.3) is 0 Å². The Morgan fingerprint density at radius 3 is 2.79 bits per heavy atom. The molecule has 2 aliphatic heterocycles. The summed E-state index contributed by atoms with van der Waals surface area (Å²) in [7, 11) is 0. The molecule has 1 N–H and O–H groups in total. The molecule has 0 bridgehead atoms. The minimum absolute atomic E-state index is 0.103. The standard InChI is InChI=1S/C10H15FN2O/c11-9(8-6-12-7-8)10(14)13-4-2-1-3-5-13/h1-2,8-9,12H,3-7H2. The lowest BCUT2D eigenvalue weighted by Gasteiger charge is -2.33. The van der Waals surface area contributed by atoms with Gasteiger partial charge in [-0.3, -0.25) is 4.79 Å². The van der Waals surface area contributed by atoms with Gasteiger partial charge in [-0.2, -0.15) is 0 Å². The number of hydrogen-bond donors (Lipinski definition) is 1. The summed E-state index contributed by atoms with van der Waals surface area (Å²) in [5, 5.41) is 2.98. The molecule has 0 aromatic heterocycles. The third-order valence-electron chi connectivity index (χ3n) is 2.83. The van der Waals surface area contributed by atoms with Gasteiger partial charge in [-0.1, -0.05) is 12.2 Å². The molecule has 2 heterocycles. The van der Waals surface area contributed by atoms with Crippen molar-refractivity contribution in [3.8, 4) is 0 Å². The average Bonchev–Trinajstić information content (AvgIpc) is 2.15. The second-order valence-electron chi connectivity index (χ2n) is 3.86. The van der Waals surface area contributed by atoms with Crippen LogP contribution in [0.15, 0.2) is 12.2 Å². The van der Waals surface area contributed by atoms with E-state index in [0.717, 1.165) is 6.42 Å². The zero-order valence-electron chi connectivity index (χ0n) is 8.08. The van der Waals surface area contributed by atoms with Crippen LogP contribution in [0, 0.1) is 5.92 Å². The first-order valence-electron chi connectivity index (χ1n) is 5.07. The Kier molecular flexibility index (Phi) is 2.82. The Balaban J connectivity index is 1.89. The normalized spacial score (nSPS) is 24.5. The molecule has 78 valence electrons. The van der Waals surface area contributed by atoms with Crippen molar-refractivity contribution >= 4 is 5.91 Å². The molecule has 3 nitrogen and oxygen atoms in total. The van der Waals surface area contributed by atoms with E-state index in [2.05, 4.69) is 5.32 Å². The monoisotopic (exact) mass is 198 g/mol. The van der Waals surface area contributed by atoms with Crippen LogP contribution in [0.1, 0.15) is 6.42 Å². The number of nitrogens with one attached hydrogen (secondary N) is 1. The maximum atomic E-state index is 13.6. The number of nitrogens with zero attached hydrogens (tertiary/aromatic N) is 1. The van der Waals surface area contributed by atoms with Crippen molar-refractivity contribution in [1.29, 1.82) is 0 Å². The summed E-state index contributed by atoms with van der Waals surface area (Å²) < 4.78 is 13.6. The molecule has 1 unspecified atom stereocenters. The molecule has 14 heavy (non-hydrogen) atoms. The van der Waals surface area contributed by atoms with Crippen LogP contribution in [0.3, 0.4) is 0 Å². The lowest BCUT2D eigenvalue weighted by Crippen LogP contribution is -2.53. The number of halogens is 1. The quantitative estimate of drug-likeness (QED) is 0.649. The van der Waals surface area contributed by atoms with Gasteiger partial charge in [-0.25, -0.2) is 4.39 Å². The highest BCUT2D eigenvalue weighted by molar-refractivity contribution is 5.81. The van der Waals surface area contributed by atoms with E-state index in [9.17, 15) is 9.18 Å². The first kappa shape index (κ1) is 9.65. The van der Waals surface area contributed by atoms with Crippen molar-refractivity contribution in [2.45, 2.75) is 12.6 Å². The van der Waals surface area contributed by atoms with E-state index in [0.29, 0.717) is 26.2 Å². The molecule has 4 heteroatoms. The van der Waals surface area contributed by atoms with Gasteiger partial charge in [-0.15, -0.1) is 0 Å². The fourth-order valence-corrected chi connectivity index (χ4v) is 1.74. The minimum Gasteiger partial charge on any atom is -0.336 e. The van der Waals surface area contributed by atoms with E-state index >= 15 is 0 Å². The molecule has 1 amide bonds. The third kappa shape index (κ3) is 1.80. The third-order valence-corrected chi connectivity index (χ3v) is 2.83. The molecule has 0 aromatic rings. The van der Waals surface area contributed by atoms with Crippen LogP contribution in [0.2, 0.25) is 0 Å². The van der Waals surface area contributed by atoms with Crippen LogP contribution in [-0.2, 0) is 4.79 Å². The van der Waals surface area contributed by atoms with Crippen molar-refractivity contribution in [1.82, 2.24) is 10.2 Å². The maximum Gasteiger partial charge on any atom is 0.257 e. The topological polar surface area (TPSA) is 32.3 Å². The minimum atomic E-state index is -1.30. The second-order valence-corrected chi connectivity index (χ2v) is 3.86. The van der Waals surface area contributed by atoms with Crippen LogP contribution in [-0.4, -0.2) is 43.2 Å². The molecule has 0 saturated carbocycles. The van der Waals surface area contributed by atoms with Crippen molar-refractivity contribution in [2.75, 3.05) is 26.2 Å². The Hall–Kier alpha value is -0.900. The van der Waals surface area contributed by atoms with E-state index in [1.807, 2.05) is 12.2 Å². The van der Waals surface area contributed by atoms with Crippen LogP contribution in [0.4, 0.5) is 4.39 Å². The molecule has 0 aromatic carbocycles. The van der Waals surface area contributed by atoms with Crippen LogP contribution >= 0.6 is 0 Å². The second kappa shape index (κ2) is 4.09. The Bertz CT molecular complexity index is 251. The number of amides is 1. The Morgan fingerprint density at radius 2 is 2.29 bits per heavy atom. The number of rotatable bonds is 2. The van der Waals surface area contributed by atoms with E-state index < -0.39 is 6.17 Å². The predicted molar refractivity (Wildman–Crippen MR) is 51.6 cm³/mol. The predicted octanol–water partition coefficient (Wildman–Crippen LogP) is 0.332. The van der Waals surface area contributed by atoms with Gasteiger partial charge in [0.15, 0.2) is 6.17 Å². The smallest absolute Gasteiger partial charge is 0.257 e. The van der Waals surface area contributed by atoms with Crippen molar-refractivity contribution in [3.63, 3.8) is 0 Å². The molecular formula is C10H15FN2O. The fraction of sp³-hybridized carbons (Fsp3) is 0.700. The average molecular weight is 198 g/mol. The van der Waals surface area contributed by atoms with Crippen molar-refractivity contribution in [2.24, 2.45) is 5.92 Å². The molecule has 1 saturated heterocycles. The number of hydrogen-bond acceptors (Lipinski definition) is 2. The summed E-state index contributed by atoms with van der Waals surface area (Å²) in [6.07, 6.45) is 3.50. The highest BCUT2D eigenvalue weighted by atomic mass is 19.1. The van der Waals surface area contributed by atoms with Gasteiger partial charge >= 0.3 is 0 Å². The Morgan fingerprint density at radius 1 is 1.50 bits per heavy atom. The van der Waals surface area contributed by atoms with Crippen molar-refractivity contribution < 1.29 is 9.18 Å². The SMILES string of the molecule is O=C(C(F)C1CNC1)N1CC=CCC1. The lowest BCUT2D eigenvalue weighted by molar-refractivity contribution is -0.139. The van der Waals surface area contributed by atoms with Gasteiger partial charge in [0.05, 0.1) is 0 Å². The molecule has 2 aliphatic rings. The lowest BCUT2D eigenvalue weighted by atomic mass is 9.96. The molecule has 2 rings (SSSR count). The zero-order chi connectivity index (χ0) is 9.97. The zero-order valence-corrected chi connectivity index (χ0v) is 8.08. The summed E-state index contributed by atoms with van der Waals surface area (Å²) >= 11 is 0. The summed E-state index contributed by atoms with van der Waals surface area (Å²) in [6.45, 7) is 2.50. The highest BCUT2D eigenvalue weighted by Gasteiger charge is 2.34. The van der Waals surface area contributed by atoms with E-state index in [4.69, 9.17) is 0 Å². The summed E-state index contributed by atoms with van der Waals surface area (Å²) in [6, 6.07) is 0. The Labute approximate surface area is 83.0 Å². The molecular weight excluding hydrogens is 183 g/mol. The van der Waals surface area contributed by atoms with Crippen LogP contribution < -0.4 is 5.32 Å².